The largest absolute Gasteiger partial charge is 0.463 e. The van der Waals surface area contributed by atoms with Gasteiger partial charge in [-0.05, 0) is 45.0 Å². The van der Waals surface area contributed by atoms with Gasteiger partial charge in [0.05, 0.1) is 17.3 Å². The second kappa shape index (κ2) is 8.86. The molecule has 0 saturated carbocycles. The first-order valence-electron chi connectivity index (χ1n) is 9.61. The molecule has 3 aromatic rings. The third-order valence-corrected chi connectivity index (χ3v) is 4.14. The van der Waals surface area contributed by atoms with Gasteiger partial charge in [0.15, 0.2) is 5.76 Å². The number of para-hydroxylation sites is 1. The van der Waals surface area contributed by atoms with E-state index in [1.165, 1.54) is 13.3 Å². The number of hydrazine groups is 1. The molecule has 31 heavy (non-hydrogen) atoms. The number of amides is 3. The Balaban J connectivity index is 1.70. The van der Waals surface area contributed by atoms with E-state index in [0.29, 0.717) is 27.9 Å². The molecule has 0 fully saturated rings. The molecule has 0 atom stereocenters. The molecule has 3 amide bonds. The van der Waals surface area contributed by atoms with Crippen LogP contribution in [-0.2, 0) is 9.53 Å². The van der Waals surface area contributed by atoms with E-state index >= 15 is 0 Å². The predicted octanol–water partition coefficient (Wildman–Crippen LogP) is 3.12. The van der Waals surface area contributed by atoms with Crippen LogP contribution in [0.25, 0.3) is 22.4 Å². The van der Waals surface area contributed by atoms with E-state index in [2.05, 4.69) is 15.8 Å². The minimum Gasteiger partial charge on any atom is -0.463 e. The number of ether oxygens (including phenoxy) is 1. The second-order valence-electron chi connectivity index (χ2n) is 7.89. The Morgan fingerprint density at radius 2 is 1.84 bits per heavy atom. The maximum absolute atomic E-state index is 12.8. The fraction of sp³-hybridized carbons (Fsp3) is 0.273. The van der Waals surface area contributed by atoms with Crippen LogP contribution in [0.15, 0.2) is 53.1 Å². The average Bonchev–Trinajstić information content (AvgIpc) is 3.24. The van der Waals surface area contributed by atoms with Crippen molar-refractivity contribution in [1.82, 2.24) is 20.7 Å². The molecule has 0 radical (unpaired) electrons. The van der Waals surface area contributed by atoms with Crippen LogP contribution in [0.3, 0.4) is 0 Å². The molecule has 2 aromatic heterocycles. The number of fused-ring (bicyclic) bond motifs is 1. The molecule has 2 heterocycles. The van der Waals surface area contributed by atoms with E-state index in [4.69, 9.17) is 9.15 Å². The van der Waals surface area contributed by atoms with Crippen molar-refractivity contribution in [2.24, 2.45) is 0 Å². The van der Waals surface area contributed by atoms with E-state index in [9.17, 15) is 14.4 Å². The number of carbonyl (C=O) groups is 3. The number of likely N-dealkylation sites (N-methyl/N-ethyl adjacent to an activating group) is 1. The van der Waals surface area contributed by atoms with Crippen molar-refractivity contribution in [3.8, 4) is 11.5 Å². The highest BCUT2D eigenvalue weighted by Crippen LogP contribution is 2.25. The summed E-state index contributed by atoms with van der Waals surface area (Å²) in [5, 5.41) is 0.621. The monoisotopic (exact) mass is 424 g/mol. The number of carbonyl (C=O) groups excluding carboxylic acids is 3. The third-order valence-electron chi connectivity index (χ3n) is 4.14. The number of nitrogens with one attached hydrogen (secondary N) is 2. The van der Waals surface area contributed by atoms with Crippen molar-refractivity contribution in [1.29, 1.82) is 0 Å². The van der Waals surface area contributed by atoms with E-state index in [1.54, 1.807) is 57.2 Å². The zero-order valence-electron chi connectivity index (χ0n) is 17.8. The Morgan fingerprint density at radius 1 is 1.10 bits per heavy atom. The molecule has 1 aromatic carbocycles. The molecular formula is C22H24N4O5. The van der Waals surface area contributed by atoms with Crippen LogP contribution in [0.1, 0.15) is 31.1 Å². The van der Waals surface area contributed by atoms with Gasteiger partial charge in [0, 0.05) is 12.4 Å². The molecule has 162 valence electrons. The van der Waals surface area contributed by atoms with E-state index < -0.39 is 23.5 Å². The lowest BCUT2D eigenvalue weighted by Gasteiger charge is -2.24. The molecular weight excluding hydrogens is 400 g/mol. The van der Waals surface area contributed by atoms with Crippen molar-refractivity contribution in [3.63, 3.8) is 0 Å². The van der Waals surface area contributed by atoms with E-state index in [-0.39, 0.29) is 6.54 Å². The third kappa shape index (κ3) is 5.59. The predicted molar refractivity (Wildman–Crippen MR) is 114 cm³/mol. The van der Waals surface area contributed by atoms with E-state index in [0.717, 1.165) is 4.90 Å². The zero-order chi connectivity index (χ0) is 22.6. The summed E-state index contributed by atoms with van der Waals surface area (Å²) in [6.07, 6.45) is 0.880. The number of hydrogen-bond acceptors (Lipinski definition) is 6. The van der Waals surface area contributed by atoms with Crippen LogP contribution in [0, 0.1) is 0 Å². The summed E-state index contributed by atoms with van der Waals surface area (Å²) in [5.41, 5.74) is 5.44. The Morgan fingerprint density at radius 3 is 2.52 bits per heavy atom. The molecule has 0 saturated heterocycles. The first-order chi connectivity index (χ1) is 14.6. The van der Waals surface area contributed by atoms with Crippen molar-refractivity contribution >= 4 is 28.8 Å². The second-order valence-corrected chi connectivity index (χ2v) is 7.89. The van der Waals surface area contributed by atoms with Gasteiger partial charge < -0.3 is 14.1 Å². The number of furan rings is 1. The fourth-order valence-electron chi connectivity index (χ4n) is 2.77. The minimum atomic E-state index is -0.676. The van der Waals surface area contributed by atoms with Gasteiger partial charge in [-0.2, -0.15) is 0 Å². The van der Waals surface area contributed by atoms with Crippen LogP contribution < -0.4 is 10.9 Å². The number of benzene rings is 1. The van der Waals surface area contributed by atoms with Gasteiger partial charge >= 0.3 is 6.09 Å². The van der Waals surface area contributed by atoms with Crippen molar-refractivity contribution < 1.29 is 23.5 Å². The van der Waals surface area contributed by atoms with Crippen LogP contribution in [-0.4, -0.2) is 47.0 Å². The molecule has 0 aliphatic heterocycles. The maximum Gasteiger partial charge on any atom is 0.410 e. The van der Waals surface area contributed by atoms with Gasteiger partial charge in [-0.25, -0.2) is 9.78 Å². The quantitative estimate of drug-likeness (QED) is 0.622. The number of rotatable bonds is 4. The molecule has 0 bridgehead atoms. The highest BCUT2D eigenvalue weighted by Gasteiger charge is 2.21. The Hall–Kier alpha value is -3.88. The highest BCUT2D eigenvalue weighted by atomic mass is 16.6. The molecule has 9 heteroatoms. The highest BCUT2D eigenvalue weighted by molar-refractivity contribution is 6.07. The van der Waals surface area contributed by atoms with Crippen LogP contribution >= 0.6 is 0 Å². The summed E-state index contributed by atoms with van der Waals surface area (Å²) in [5.74, 6) is -0.589. The number of hydrogen-bond donors (Lipinski definition) is 2. The summed E-state index contributed by atoms with van der Waals surface area (Å²) in [6.45, 7) is 4.91. The summed E-state index contributed by atoms with van der Waals surface area (Å²) >= 11 is 0. The lowest BCUT2D eigenvalue weighted by Crippen LogP contribution is -2.47. The Bertz CT molecular complexity index is 1100. The van der Waals surface area contributed by atoms with Crippen LogP contribution in [0.2, 0.25) is 0 Å². The van der Waals surface area contributed by atoms with Gasteiger partial charge in [0.1, 0.15) is 17.8 Å². The number of nitrogens with zero attached hydrogens (tertiary/aromatic N) is 2. The molecule has 0 unspecified atom stereocenters. The van der Waals surface area contributed by atoms with Gasteiger partial charge in [0.2, 0.25) is 0 Å². The molecule has 0 aliphatic carbocycles. The lowest BCUT2D eigenvalue weighted by atomic mass is 10.1. The van der Waals surface area contributed by atoms with Gasteiger partial charge in [-0.15, -0.1) is 0 Å². The smallest absolute Gasteiger partial charge is 0.410 e. The zero-order valence-corrected chi connectivity index (χ0v) is 17.8. The van der Waals surface area contributed by atoms with Crippen LogP contribution in [0.4, 0.5) is 4.79 Å². The first-order valence-corrected chi connectivity index (χ1v) is 9.61. The van der Waals surface area contributed by atoms with Gasteiger partial charge in [0.25, 0.3) is 11.8 Å². The van der Waals surface area contributed by atoms with Gasteiger partial charge in [-0.3, -0.25) is 20.4 Å². The summed E-state index contributed by atoms with van der Waals surface area (Å²) in [6, 6.07) is 12.2. The average molecular weight is 424 g/mol. The first kappa shape index (κ1) is 21.8. The van der Waals surface area contributed by atoms with E-state index in [1.807, 2.05) is 6.07 Å². The topological polar surface area (TPSA) is 114 Å². The lowest BCUT2D eigenvalue weighted by molar-refractivity contribution is -0.122. The van der Waals surface area contributed by atoms with Crippen molar-refractivity contribution in [2.75, 3.05) is 13.6 Å². The molecule has 9 nitrogen and oxygen atoms in total. The number of pyridine rings is 1. The summed E-state index contributed by atoms with van der Waals surface area (Å²) in [4.78, 5) is 42.6. The maximum atomic E-state index is 12.8. The Kier molecular flexibility index (Phi) is 6.24. The van der Waals surface area contributed by atoms with Crippen molar-refractivity contribution in [3.05, 3.63) is 54.3 Å². The SMILES string of the molecule is CN(CC(=O)NNC(=O)c1cc(-c2ccco2)nc2ccccc12)C(=O)OC(C)(C)C. The summed E-state index contributed by atoms with van der Waals surface area (Å²) in [7, 11) is 1.43. The van der Waals surface area contributed by atoms with Crippen molar-refractivity contribution in [2.45, 2.75) is 26.4 Å². The minimum absolute atomic E-state index is 0.288. The standard InChI is InChI=1S/C22H24N4O5/c1-22(2,3)31-21(29)26(4)13-19(27)24-25-20(28)15-12-17(18-10-7-11-30-18)23-16-9-6-5-8-14(15)16/h5-12H,13H2,1-4H3,(H,24,27)(H,25,28). The normalized spacial score (nSPS) is 11.1. The molecule has 2 N–H and O–H groups in total. The fourth-order valence-corrected chi connectivity index (χ4v) is 2.77. The Labute approximate surface area is 179 Å². The molecule has 0 spiro atoms. The summed E-state index contributed by atoms with van der Waals surface area (Å²) < 4.78 is 10.6. The number of aromatic nitrogens is 1. The van der Waals surface area contributed by atoms with Gasteiger partial charge in [-0.1, -0.05) is 18.2 Å². The molecule has 0 aliphatic rings. The molecule has 3 rings (SSSR count). The van der Waals surface area contributed by atoms with Crippen LogP contribution in [0.5, 0.6) is 0 Å².